The summed E-state index contributed by atoms with van der Waals surface area (Å²) < 4.78 is 45.5. The number of aromatic nitrogens is 3. The number of alkyl halides is 3. The van der Waals surface area contributed by atoms with Gasteiger partial charge in [0.15, 0.2) is 0 Å². The van der Waals surface area contributed by atoms with Crippen LogP contribution in [0.2, 0.25) is 0 Å². The Balaban J connectivity index is 2.02. The molecule has 1 heterocycles. The number of unbranched alkanes of at least 4 members (excludes halogenated alkanes) is 5. The van der Waals surface area contributed by atoms with E-state index in [2.05, 4.69) is 17.3 Å². The van der Waals surface area contributed by atoms with Crippen molar-refractivity contribution in [2.45, 2.75) is 110 Å². The molecule has 0 unspecified atom stereocenters. The van der Waals surface area contributed by atoms with Crippen molar-refractivity contribution in [2.75, 3.05) is 11.9 Å². The lowest BCUT2D eigenvalue weighted by molar-refractivity contribution is -0.320. The van der Waals surface area contributed by atoms with E-state index in [1.54, 1.807) is 18.2 Å². The van der Waals surface area contributed by atoms with E-state index in [4.69, 9.17) is 4.74 Å². The van der Waals surface area contributed by atoms with Gasteiger partial charge in [-0.1, -0.05) is 44.7 Å². The van der Waals surface area contributed by atoms with Gasteiger partial charge in [0.25, 0.3) is 5.56 Å². The van der Waals surface area contributed by atoms with E-state index >= 15 is 0 Å². The highest BCUT2D eigenvalue weighted by atomic mass is 19.4. The first-order valence-corrected chi connectivity index (χ1v) is 13.9. The second-order valence-electron chi connectivity index (χ2n) is 10.4. The van der Waals surface area contributed by atoms with Crippen molar-refractivity contribution in [3.63, 3.8) is 0 Å². The summed E-state index contributed by atoms with van der Waals surface area (Å²) in [5.74, 6) is -0.961. The van der Waals surface area contributed by atoms with E-state index in [-0.39, 0.29) is 25.3 Å². The number of carboxylic acids is 1. The van der Waals surface area contributed by atoms with Crippen molar-refractivity contribution in [1.82, 2.24) is 14.3 Å². The van der Waals surface area contributed by atoms with Crippen molar-refractivity contribution in [2.24, 2.45) is 0 Å². The van der Waals surface area contributed by atoms with Gasteiger partial charge in [0, 0.05) is 26.1 Å². The van der Waals surface area contributed by atoms with Gasteiger partial charge in [0.2, 0.25) is 5.82 Å². The van der Waals surface area contributed by atoms with Crippen LogP contribution < -0.4 is 26.4 Å². The van der Waals surface area contributed by atoms with Crippen molar-refractivity contribution < 1.29 is 27.8 Å². The molecule has 40 heavy (non-hydrogen) atoms. The number of carbonyl (C=O) groups excluding carboxylic acids is 1. The molecule has 1 N–H and O–H groups in total. The van der Waals surface area contributed by atoms with Crippen LogP contribution in [0.4, 0.5) is 19.0 Å². The third kappa shape index (κ3) is 11.1. The van der Waals surface area contributed by atoms with Crippen LogP contribution in [0.5, 0.6) is 5.75 Å². The highest BCUT2D eigenvalue weighted by Gasteiger charge is 2.26. The predicted octanol–water partition coefficient (Wildman–Crippen LogP) is 4.06. The molecule has 0 atom stereocenters. The number of benzene rings is 1. The van der Waals surface area contributed by atoms with E-state index in [9.17, 15) is 32.7 Å². The molecule has 1 aromatic heterocycles. The minimum absolute atomic E-state index is 0.0555. The smallest absolute Gasteiger partial charge is 0.389 e. The maximum absolute atomic E-state index is 12.9. The lowest BCUT2D eigenvalue weighted by Crippen LogP contribution is -2.47. The van der Waals surface area contributed by atoms with Crippen molar-refractivity contribution in [1.29, 1.82) is 0 Å². The fourth-order valence-electron chi connectivity index (χ4n) is 4.08. The highest BCUT2D eigenvalue weighted by Crippen LogP contribution is 2.22. The van der Waals surface area contributed by atoms with Gasteiger partial charge in [-0.15, -0.1) is 5.10 Å². The van der Waals surface area contributed by atoms with Crippen molar-refractivity contribution >= 4 is 11.8 Å². The second kappa shape index (κ2) is 15.5. The Labute approximate surface area is 232 Å². The molecule has 0 radical (unpaired) electrons. The summed E-state index contributed by atoms with van der Waals surface area (Å²) >= 11 is 0. The molecule has 12 heteroatoms. The average Bonchev–Trinajstić information content (AvgIpc) is 2.87. The van der Waals surface area contributed by atoms with Crippen molar-refractivity contribution in [3.05, 3.63) is 50.7 Å². The van der Waals surface area contributed by atoms with Gasteiger partial charge in [0.05, 0.1) is 5.97 Å². The van der Waals surface area contributed by atoms with Crippen LogP contribution >= 0.6 is 0 Å². The zero-order chi connectivity index (χ0) is 29.8. The van der Waals surface area contributed by atoms with Crippen LogP contribution in [0.15, 0.2) is 33.9 Å². The lowest BCUT2D eigenvalue weighted by atomic mass is 10.1. The summed E-state index contributed by atoms with van der Waals surface area (Å²) in [6.07, 6.45) is 0.896. The summed E-state index contributed by atoms with van der Waals surface area (Å²) in [6.45, 7) is 5.23. The quantitative estimate of drug-likeness (QED) is 0.269. The molecule has 0 saturated carbocycles. The average molecular weight is 570 g/mol. The summed E-state index contributed by atoms with van der Waals surface area (Å²) in [6, 6.07) is 7.09. The van der Waals surface area contributed by atoms with E-state index in [0.29, 0.717) is 31.6 Å². The maximum atomic E-state index is 12.9. The standard InChI is InChI=1S/C28H41F3N4O5/c1-4-5-6-7-10-19-35-26(39)34(18-12-16-28(29,30)31)24(36)23(33-35)32-17-9-8-13-21-14-11-15-22(20-21)40-27(2,3)25(37)38/h11,14-15,20H,4-10,12-13,16-19H2,1-3H3,(H,32,33)(H,37,38)/p-1. The predicted molar refractivity (Wildman–Crippen MR) is 144 cm³/mol. The third-order valence-electron chi connectivity index (χ3n) is 6.38. The Kier molecular flexibility index (Phi) is 12.7. The largest absolute Gasteiger partial charge is 0.546 e. The van der Waals surface area contributed by atoms with Crippen LogP contribution in [0.1, 0.15) is 84.1 Å². The van der Waals surface area contributed by atoms with Crippen LogP contribution in [0.25, 0.3) is 0 Å². The molecule has 224 valence electrons. The Morgan fingerprint density at radius 1 is 1.02 bits per heavy atom. The Morgan fingerprint density at radius 3 is 2.42 bits per heavy atom. The van der Waals surface area contributed by atoms with Crippen LogP contribution in [-0.4, -0.2) is 38.6 Å². The molecule has 1 aromatic carbocycles. The number of hydrogen-bond donors (Lipinski definition) is 1. The molecule has 0 aliphatic rings. The number of nitrogens with one attached hydrogen (secondary N) is 1. The number of halogens is 3. The van der Waals surface area contributed by atoms with Crippen LogP contribution in [-0.2, 0) is 24.3 Å². The lowest BCUT2D eigenvalue weighted by Gasteiger charge is -2.27. The number of aliphatic carboxylic acids is 1. The van der Waals surface area contributed by atoms with Gasteiger partial charge in [-0.3, -0.25) is 9.36 Å². The van der Waals surface area contributed by atoms with Gasteiger partial charge >= 0.3 is 11.9 Å². The van der Waals surface area contributed by atoms with Crippen LogP contribution in [0.3, 0.4) is 0 Å². The molecule has 0 saturated heterocycles. The first-order valence-electron chi connectivity index (χ1n) is 13.9. The van der Waals surface area contributed by atoms with E-state index in [1.807, 2.05) is 6.07 Å². The maximum Gasteiger partial charge on any atom is 0.389 e. The fraction of sp³-hybridized carbons (Fsp3) is 0.643. The van der Waals surface area contributed by atoms with Gasteiger partial charge in [-0.05, 0) is 63.6 Å². The molecule has 0 bridgehead atoms. The zero-order valence-corrected chi connectivity index (χ0v) is 23.5. The molecule has 0 fully saturated rings. The molecular weight excluding hydrogens is 529 g/mol. The molecule has 0 aliphatic heterocycles. The number of nitrogens with zero attached hydrogens (tertiary/aromatic N) is 3. The number of anilines is 1. The molecule has 0 amide bonds. The summed E-state index contributed by atoms with van der Waals surface area (Å²) in [4.78, 5) is 36.9. The van der Waals surface area contributed by atoms with E-state index in [1.165, 1.54) is 18.5 Å². The molecule has 0 spiro atoms. The van der Waals surface area contributed by atoms with E-state index in [0.717, 1.165) is 42.2 Å². The minimum Gasteiger partial charge on any atom is -0.546 e. The highest BCUT2D eigenvalue weighted by molar-refractivity contribution is 5.74. The van der Waals surface area contributed by atoms with Crippen molar-refractivity contribution in [3.8, 4) is 5.75 Å². The first kappa shape index (κ1) is 32.9. The first-order chi connectivity index (χ1) is 18.8. The van der Waals surface area contributed by atoms with Gasteiger partial charge in [-0.2, -0.15) is 13.2 Å². The van der Waals surface area contributed by atoms with Crippen LogP contribution in [0, 0.1) is 0 Å². The molecular formula is C28H40F3N4O5-. The molecule has 9 nitrogen and oxygen atoms in total. The number of hydrogen-bond acceptors (Lipinski definition) is 7. The summed E-state index contributed by atoms with van der Waals surface area (Å²) in [5, 5.41) is 18.3. The summed E-state index contributed by atoms with van der Waals surface area (Å²) in [7, 11) is 0. The third-order valence-corrected chi connectivity index (χ3v) is 6.38. The monoisotopic (exact) mass is 569 g/mol. The normalized spacial score (nSPS) is 11.9. The molecule has 2 aromatic rings. The zero-order valence-electron chi connectivity index (χ0n) is 23.5. The summed E-state index contributed by atoms with van der Waals surface area (Å²) in [5.41, 5.74) is -1.96. The number of carboxylic acid groups (broad SMARTS) is 1. The van der Waals surface area contributed by atoms with Gasteiger partial charge < -0.3 is 20.0 Å². The van der Waals surface area contributed by atoms with Gasteiger partial charge in [-0.25, -0.2) is 9.48 Å². The second-order valence-corrected chi connectivity index (χ2v) is 10.4. The number of aryl methyl sites for hydroxylation is 2. The topological polar surface area (TPSA) is 118 Å². The van der Waals surface area contributed by atoms with E-state index < -0.39 is 35.4 Å². The SMILES string of the molecule is CCCCCCCn1nc(NCCCCc2cccc(OC(C)(C)C(=O)[O-])c2)c(=O)n(CCCC(F)(F)F)c1=O. The molecule has 0 aliphatic carbocycles. The minimum atomic E-state index is -4.37. The molecule has 2 rings (SSSR count). The Hall–Kier alpha value is -3.31. The number of ether oxygens (including phenoxy) is 1. The van der Waals surface area contributed by atoms with Gasteiger partial charge in [0.1, 0.15) is 11.4 Å². The Morgan fingerprint density at radius 2 is 1.75 bits per heavy atom. The fourth-order valence-corrected chi connectivity index (χ4v) is 4.08. The number of carbonyl (C=O) groups is 1. The number of rotatable bonds is 18. The Bertz CT molecular complexity index is 1210.